The van der Waals surface area contributed by atoms with E-state index in [2.05, 4.69) is 86.2 Å². The number of nitrogens with zero attached hydrogens (tertiary/aromatic N) is 2. The van der Waals surface area contributed by atoms with Crippen LogP contribution in [-0.2, 0) is 0 Å². The zero-order valence-corrected chi connectivity index (χ0v) is 17.6. The highest BCUT2D eigenvalue weighted by atomic mass is 16.4. The molecule has 150 valence electrons. The molecule has 0 amide bonds. The standard InChI is InChI=1S/C26H24N2O2/c1-15(2)17-5-9-19(10-6-17)25-27-21-13-22-24(14-23(21)29-25)30-26(28-22)20-11-7-18(8-12-20)16(3)4/h5-16H,1-4H3. The molecule has 5 aromatic rings. The quantitative estimate of drug-likeness (QED) is 0.315. The highest BCUT2D eigenvalue weighted by molar-refractivity contribution is 5.91. The third-order valence-electron chi connectivity index (χ3n) is 5.55. The van der Waals surface area contributed by atoms with Crippen LogP contribution in [0.4, 0.5) is 0 Å². The Hall–Kier alpha value is -3.40. The molecule has 2 heterocycles. The van der Waals surface area contributed by atoms with Crippen LogP contribution >= 0.6 is 0 Å². The number of rotatable bonds is 4. The Morgan fingerprint density at radius 3 is 1.33 bits per heavy atom. The van der Waals surface area contributed by atoms with E-state index in [1.54, 1.807) is 0 Å². The molecule has 0 unspecified atom stereocenters. The van der Waals surface area contributed by atoms with Gasteiger partial charge in [0, 0.05) is 17.2 Å². The van der Waals surface area contributed by atoms with Crippen LogP contribution in [0.25, 0.3) is 45.1 Å². The van der Waals surface area contributed by atoms with Gasteiger partial charge in [0.05, 0.1) is 0 Å². The minimum Gasteiger partial charge on any atom is -0.436 e. The fourth-order valence-corrected chi connectivity index (χ4v) is 3.62. The molecule has 30 heavy (non-hydrogen) atoms. The van der Waals surface area contributed by atoms with E-state index in [9.17, 15) is 0 Å². The van der Waals surface area contributed by atoms with Gasteiger partial charge in [-0.25, -0.2) is 9.97 Å². The molecule has 4 nitrogen and oxygen atoms in total. The lowest BCUT2D eigenvalue weighted by Gasteiger charge is -2.04. The lowest BCUT2D eigenvalue weighted by molar-refractivity contribution is 0.609. The fourth-order valence-electron chi connectivity index (χ4n) is 3.62. The summed E-state index contributed by atoms with van der Waals surface area (Å²) in [6, 6.07) is 20.5. The van der Waals surface area contributed by atoms with E-state index < -0.39 is 0 Å². The molecule has 0 saturated carbocycles. The molecule has 3 aromatic carbocycles. The van der Waals surface area contributed by atoms with Gasteiger partial charge in [0.25, 0.3) is 0 Å². The summed E-state index contributed by atoms with van der Waals surface area (Å²) in [6.07, 6.45) is 0. The van der Waals surface area contributed by atoms with Gasteiger partial charge in [0.15, 0.2) is 11.2 Å². The minimum atomic E-state index is 0.497. The highest BCUT2D eigenvalue weighted by Gasteiger charge is 2.14. The average molecular weight is 396 g/mol. The third-order valence-corrected chi connectivity index (χ3v) is 5.55. The number of fused-ring (bicyclic) bond motifs is 2. The lowest BCUT2D eigenvalue weighted by atomic mass is 10.0. The largest absolute Gasteiger partial charge is 0.436 e. The SMILES string of the molecule is CC(C)c1ccc(-c2nc3cc4nc(-c5ccc(C(C)C)cc5)oc4cc3o2)cc1. The molecule has 4 heteroatoms. The molecule has 0 aliphatic rings. The smallest absolute Gasteiger partial charge is 0.227 e. The molecule has 2 aromatic heterocycles. The summed E-state index contributed by atoms with van der Waals surface area (Å²) in [6.45, 7) is 8.74. The molecular weight excluding hydrogens is 372 g/mol. The van der Waals surface area contributed by atoms with Crippen LogP contribution in [-0.4, -0.2) is 9.97 Å². The fraction of sp³-hybridized carbons (Fsp3) is 0.231. The van der Waals surface area contributed by atoms with Crippen molar-refractivity contribution in [1.82, 2.24) is 9.97 Å². The second-order valence-electron chi connectivity index (χ2n) is 8.38. The van der Waals surface area contributed by atoms with Crippen LogP contribution in [0.5, 0.6) is 0 Å². The third kappa shape index (κ3) is 3.28. The van der Waals surface area contributed by atoms with E-state index in [-0.39, 0.29) is 0 Å². The molecule has 0 radical (unpaired) electrons. The van der Waals surface area contributed by atoms with Gasteiger partial charge in [0.1, 0.15) is 11.0 Å². The maximum absolute atomic E-state index is 6.02. The second kappa shape index (κ2) is 7.13. The zero-order chi connectivity index (χ0) is 20.8. The summed E-state index contributed by atoms with van der Waals surface area (Å²) in [5.41, 5.74) is 7.47. The summed E-state index contributed by atoms with van der Waals surface area (Å²) >= 11 is 0. The second-order valence-corrected chi connectivity index (χ2v) is 8.38. The van der Waals surface area contributed by atoms with Crippen molar-refractivity contribution >= 4 is 22.2 Å². The van der Waals surface area contributed by atoms with Gasteiger partial charge < -0.3 is 8.83 Å². The molecule has 0 fully saturated rings. The molecule has 0 saturated heterocycles. The Balaban J connectivity index is 1.50. The maximum Gasteiger partial charge on any atom is 0.227 e. The van der Waals surface area contributed by atoms with Gasteiger partial charge in [-0.3, -0.25) is 0 Å². The van der Waals surface area contributed by atoms with Crippen LogP contribution in [0.3, 0.4) is 0 Å². The van der Waals surface area contributed by atoms with Crippen molar-refractivity contribution in [3.63, 3.8) is 0 Å². The Bertz CT molecular complexity index is 1170. The lowest BCUT2D eigenvalue weighted by Crippen LogP contribution is -1.86. The van der Waals surface area contributed by atoms with E-state index in [1.807, 2.05) is 12.1 Å². The first kappa shape index (κ1) is 18.6. The minimum absolute atomic E-state index is 0.497. The number of benzene rings is 3. The van der Waals surface area contributed by atoms with Gasteiger partial charge in [-0.1, -0.05) is 52.0 Å². The van der Waals surface area contributed by atoms with E-state index in [1.165, 1.54) is 11.1 Å². The topological polar surface area (TPSA) is 52.1 Å². The van der Waals surface area contributed by atoms with Crippen LogP contribution in [0.15, 0.2) is 69.5 Å². The van der Waals surface area contributed by atoms with Crippen molar-refractivity contribution in [3.8, 4) is 22.9 Å². The van der Waals surface area contributed by atoms with Crippen molar-refractivity contribution in [2.75, 3.05) is 0 Å². The Labute approximate surface area is 175 Å². The van der Waals surface area contributed by atoms with E-state index in [0.29, 0.717) is 34.8 Å². The molecule has 0 spiro atoms. The van der Waals surface area contributed by atoms with Gasteiger partial charge >= 0.3 is 0 Å². The summed E-state index contributed by atoms with van der Waals surface area (Å²) in [5.74, 6) is 2.21. The first-order valence-corrected chi connectivity index (χ1v) is 10.4. The number of aromatic nitrogens is 2. The Morgan fingerprint density at radius 2 is 0.967 bits per heavy atom. The normalized spacial score (nSPS) is 11.9. The van der Waals surface area contributed by atoms with Crippen molar-refractivity contribution in [2.45, 2.75) is 39.5 Å². The van der Waals surface area contributed by atoms with Crippen molar-refractivity contribution in [3.05, 3.63) is 71.8 Å². The van der Waals surface area contributed by atoms with Crippen LogP contribution in [0.2, 0.25) is 0 Å². The van der Waals surface area contributed by atoms with Gasteiger partial charge in [-0.2, -0.15) is 0 Å². The molecular formula is C26H24N2O2. The van der Waals surface area contributed by atoms with Crippen molar-refractivity contribution in [2.24, 2.45) is 0 Å². The summed E-state index contributed by atoms with van der Waals surface area (Å²) in [4.78, 5) is 9.34. The summed E-state index contributed by atoms with van der Waals surface area (Å²) in [5, 5.41) is 0. The van der Waals surface area contributed by atoms with Gasteiger partial charge in [-0.05, 0) is 53.3 Å². The van der Waals surface area contributed by atoms with E-state index >= 15 is 0 Å². The average Bonchev–Trinajstić information content (AvgIpc) is 3.35. The van der Waals surface area contributed by atoms with Crippen LogP contribution in [0.1, 0.15) is 50.7 Å². The van der Waals surface area contributed by atoms with Crippen molar-refractivity contribution < 1.29 is 8.83 Å². The van der Waals surface area contributed by atoms with Crippen molar-refractivity contribution in [1.29, 1.82) is 0 Å². The van der Waals surface area contributed by atoms with Crippen LogP contribution in [0, 0.1) is 0 Å². The first-order valence-electron chi connectivity index (χ1n) is 10.4. The summed E-state index contributed by atoms with van der Waals surface area (Å²) < 4.78 is 12.0. The monoisotopic (exact) mass is 396 g/mol. The zero-order valence-electron chi connectivity index (χ0n) is 17.6. The Morgan fingerprint density at radius 1 is 0.567 bits per heavy atom. The number of hydrogen-bond donors (Lipinski definition) is 0. The molecule has 0 bridgehead atoms. The highest BCUT2D eigenvalue weighted by Crippen LogP contribution is 2.31. The molecule has 5 rings (SSSR count). The molecule has 0 aliphatic carbocycles. The van der Waals surface area contributed by atoms with Gasteiger partial charge in [-0.15, -0.1) is 0 Å². The van der Waals surface area contributed by atoms with E-state index in [4.69, 9.17) is 8.83 Å². The predicted octanol–water partition coefficient (Wildman–Crippen LogP) is 7.55. The maximum atomic E-state index is 6.02. The number of hydrogen-bond acceptors (Lipinski definition) is 4. The predicted molar refractivity (Wildman–Crippen MR) is 121 cm³/mol. The van der Waals surface area contributed by atoms with Crippen LogP contribution < -0.4 is 0 Å². The first-order chi connectivity index (χ1) is 14.5. The van der Waals surface area contributed by atoms with E-state index in [0.717, 1.165) is 22.2 Å². The van der Waals surface area contributed by atoms with Gasteiger partial charge in [0.2, 0.25) is 11.8 Å². The number of oxazole rings is 2. The Kier molecular flexibility index (Phi) is 4.43. The summed E-state index contributed by atoms with van der Waals surface area (Å²) in [7, 11) is 0. The molecule has 0 atom stereocenters. The molecule has 0 N–H and O–H groups in total. The molecule has 0 aliphatic heterocycles.